The Morgan fingerprint density at radius 1 is 1.02 bits per heavy atom. The van der Waals surface area contributed by atoms with Gasteiger partial charge in [0.05, 0.1) is 11.7 Å². The smallest absolute Gasteiger partial charge is 0.227 e. The van der Waals surface area contributed by atoms with Gasteiger partial charge < -0.3 is 25.1 Å². The van der Waals surface area contributed by atoms with Crippen molar-refractivity contribution in [1.29, 1.82) is 0 Å². The van der Waals surface area contributed by atoms with Gasteiger partial charge in [-0.05, 0) is 66.5 Å². The lowest BCUT2D eigenvalue weighted by molar-refractivity contribution is -0.119. The summed E-state index contributed by atoms with van der Waals surface area (Å²) >= 11 is 0. The van der Waals surface area contributed by atoms with Gasteiger partial charge in [-0.1, -0.05) is 95.7 Å². The summed E-state index contributed by atoms with van der Waals surface area (Å²) in [6.07, 6.45) is 8.83. The first-order valence-corrected chi connectivity index (χ1v) is 17.0. The number of carbonyl (C=O) groups is 2. The number of rotatable bonds is 10. The number of ether oxygens (including phenoxy) is 1. The normalized spacial score (nSPS) is 16.3. The summed E-state index contributed by atoms with van der Waals surface area (Å²) in [5, 5.41) is 21.6. The topological polar surface area (TPSA) is 99.1 Å². The molecule has 0 spiro atoms. The van der Waals surface area contributed by atoms with Gasteiger partial charge in [0.1, 0.15) is 36.4 Å². The molecule has 8 heteroatoms. The van der Waals surface area contributed by atoms with Crippen molar-refractivity contribution in [3.63, 3.8) is 0 Å². The number of nitrogens with one attached hydrogen (secondary N) is 1. The van der Waals surface area contributed by atoms with Gasteiger partial charge >= 0.3 is 0 Å². The highest BCUT2D eigenvalue weighted by atomic mass is 19.1. The molecule has 1 aliphatic carbocycles. The van der Waals surface area contributed by atoms with Gasteiger partial charge in [-0.3, -0.25) is 9.69 Å². The second kappa shape index (κ2) is 18.4. The van der Waals surface area contributed by atoms with Crippen molar-refractivity contribution in [2.45, 2.75) is 98.1 Å². The number of para-hydroxylation sites is 1. The summed E-state index contributed by atoms with van der Waals surface area (Å²) in [7, 11) is 1.00. The maximum absolute atomic E-state index is 16.3. The number of nitrogens with zero attached hydrogens (tertiary/aromatic N) is 1. The van der Waals surface area contributed by atoms with E-state index in [1.807, 2.05) is 50.1 Å². The van der Waals surface area contributed by atoms with Crippen molar-refractivity contribution < 1.29 is 28.9 Å². The van der Waals surface area contributed by atoms with Crippen LogP contribution in [0.2, 0.25) is 0 Å². The lowest BCUT2D eigenvalue weighted by atomic mass is 9.82. The number of phenolic OH excluding ortho intramolecular Hbond substituents is 1. The summed E-state index contributed by atoms with van der Waals surface area (Å²) in [5.41, 5.74) is 4.18. The Hall–Kier alpha value is -4.17. The van der Waals surface area contributed by atoms with Crippen molar-refractivity contribution >= 4 is 24.1 Å². The van der Waals surface area contributed by atoms with Crippen molar-refractivity contribution in [3.05, 3.63) is 94.9 Å². The third-order valence-corrected chi connectivity index (χ3v) is 9.59. The molecule has 1 unspecified atom stereocenters. The van der Waals surface area contributed by atoms with Crippen molar-refractivity contribution in [2.75, 3.05) is 17.3 Å². The van der Waals surface area contributed by atoms with E-state index >= 15 is 4.39 Å². The Morgan fingerprint density at radius 2 is 1.71 bits per heavy atom. The van der Waals surface area contributed by atoms with E-state index in [0.717, 1.165) is 49.6 Å². The second-order valence-corrected chi connectivity index (χ2v) is 13.3. The monoisotopic (exact) mass is 660 g/mol. The van der Waals surface area contributed by atoms with Gasteiger partial charge in [0.25, 0.3) is 0 Å². The number of halogens is 1. The van der Waals surface area contributed by atoms with Crippen LogP contribution in [-0.2, 0) is 16.2 Å². The summed E-state index contributed by atoms with van der Waals surface area (Å²) in [6.45, 7) is 10.9. The van der Waals surface area contributed by atoms with E-state index in [0.29, 0.717) is 48.1 Å². The number of amides is 1. The van der Waals surface area contributed by atoms with Crippen molar-refractivity contribution in [1.82, 2.24) is 0 Å². The van der Waals surface area contributed by atoms with Crippen LogP contribution in [0.4, 0.5) is 15.8 Å². The number of aliphatic hydroxyl groups is 1. The maximum Gasteiger partial charge on any atom is 0.227 e. The third-order valence-electron chi connectivity index (χ3n) is 9.59. The molecule has 1 atom stereocenters. The van der Waals surface area contributed by atoms with Crippen LogP contribution in [0.1, 0.15) is 103 Å². The summed E-state index contributed by atoms with van der Waals surface area (Å²) in [4.78, 5) is 24.1. The fraction of sp³-hybridized carbons (Fsp3) is 0.450. The van der Waals surface area contributed by atoms with Crippen LogP contribution in [0.15, 0.2) is 78.0 Å². The molecular formula is C40H53FN2O5. The first-order chi connectivity index (χ1) is 23.2. The number of hydrogen-bond donors (Lipinski definition) is 3. The molecule has 1 heterocycles. The molecule has 3 aromatic rings. The average Bonchev–Trinajstić information content (AvgIpc) is 3.23. The van der Waals surface area contributed by atoms with Crippen molar-refractivity contribution in [2.24, 2.45) is 11.3 Å². The van der Waals surface area contributed by atoms with Crippen LogP contribution < -0.4 is 15.0 Å². The van der Waals surface area contributed by atoms with Crippen LogP contribution in [0.3, 0.4) is 0 Å². The number of anilines is 2. The van der Waals surface area contributed by atoms with E-state index in [2.05, 4.69) is 26.1 Å². The van der Waals surface area contributed by atoms with E-state index in [4.69, 9.17) is 14.6 Å². The predicted molar refractivity (Wildman–Crippen MR) is 192 cm³/mol. The molecule has 260 valence electrons. The molecule has 1 amide bonds. The largest absolute Gasteiger partial charge is 0.506 e. The molecule has 7 nitrogen and oxygen atoms in total. The molecule has 3 N–H and O–H groups in total. The average molecular weight is 661 g/mol. The number of aliphatic hydroxyl groups excluding tert-OH is 1. The van der Waals surface area contributed by atoms with E-state index in [9.17, 15) is 9.90 Å². The molecule has 48 heavy (non-hydrogen) atoms. The van der Waals surface area contributed by atoms with Gasteiger partial charge in [0.2, 0.25) is 5.91 Å². The van der Waals surface area contributed by atoms with E-state index in [1.165, 1.54) is 25.3 Å². The number of benzene rings is 3. The Morgan fingerprint density at radius 3 is 2.35 bits per heavy atom. The maximum atomic E-state index is 16.3. The summed E-state index contributed by atoms with van der Waals surface area (Å²) < 4.78 is 22.2. The number of allylic oxidation sites excluding steroid dienone is 1. The van der Waals surface area contributed by atoms with E-state index in [1.54, 1.807) is 29.2 Å². The molecule has 0 aromatic heterocycles. The standard InChI is InChI=1S/C38H47FN2O3.CH4O.CH2O/c1-5-38(3,4)24-32-26(2)37(30-21-20-29(23-31(30)39)44-25-28-15-10-7-11-16-28)41(33-17-12-18-34(42)36(33)40-32)35(43)22-19-27-13-8-6-9-14-27;2*1-2/h7,10-12,15-18,20-21,23,27,37,40,42H,5-6,8-9,13-14,19,22,24-25H2,1-4H3;2H,1H3;1H2. The van der Waals surface area contributed by atoms with Gasteiger partial charge in [0.15, 0.2) is 0 Å². The lowest BCUT2D eigenvalue weighted by Crippen LogP contribution is -2.36. The molecule has 1 saturated carbocycles. The van der Waals surface area contributed by atoms with Crippen LogP contribution >= 0.6 is 0 Å². The molecule has 1 aliphatic heterocycles. The zero-order chi connectivity index (χ0) is 35.3. The quantitative estimate of drug-likeness (QED) is 0.187. The first kappa shape index (κ1) is 38.3. The molecular weight excluding hydrogens is 607 g/mol. The molecule has 1 fully saturated rings. The highest BCUT2D eigenvalue weighted by Crippen LogP contribution is 2.48. The predicted octanol–water partition coefficient (Wildman–Crippen LogP) is 9.49. The Labute approximate surface area is 285 Å². The van der Waals surface area contributed by atoms with Gasteiger partial charge in [-0.25, -0.2) is 4.39 Å². The number of fused-ring (bicyclic) bond motifs is 1. The minimum absolute atomic E-state index is 0.0491. The Kier molecular flexibility index (Phi) is 14.7. The van der Waals surface area contributed by atoms with Crippen LogP contribution in [0.25, 0.3) is 0 Å². The van der Waals surface area contributed by atoms with Crippen LogP contribution in [0, 0.1) is 17.2 Å². The third kappa shape index (κ3) is 9.69. The Bertz CT molecular complexity index is 1500. The zero-order valence-corrected chi connectivity index (χ0v) is 29.2. The summed E-state index contributed by atoms with van der Waals surface area (Å²) in [6, 6.07) is 19.3. The molecule has 0 bridgehead atoms. The molecule has 0 saturated heterocycles. The van der Waals surface area contributed by atoms with Crippen LogP contribution in [0.5, 0.6) is 11.5 Å². The van der Waals surface area contributed by atoms with E-state index < -0.39 is 11.9 Å². The fourth-order valence-corrected chi connectivity index (χ4v) is 6.53. The molecule has 0 radical (unpaired) electrons. The minimum atomic E-state index is -0.685. The van der Waals surface area contributed by atoms with Gasteiger partial charge in [-0.15, -0.1) is 0 Å². The number of phenols is 1. The SMILES string of the molecule is C=O.CCC(C)(C)CC1=C(C)C(c2ccc(OCc3ccccc3)cc2F)N(C(=O)CCC2CCCCC2)c2cccc(O)c2N1.CO. The second-order valence-electron chi connectivity index (χ2n) is 13.3. The molecule has 2 aliphatic rings. The van der Waals surface area contributed by atoms with Gasteiger partial charge in [0, 0.05) is 30.9 Å². The first-order valence-electron chi connectivity index (χ1n) is 17.0. The lowest BCUT2D eigenvalue weighted by Gasteiger charge is -2.34. The molecule has 3 aromatic carbocycles. The zero-order valence-electron chi connectivity index (χ0n) is 29.2. The Balaban J connectivity index is 0.00000151. The fourth-order valence-electron chi connectivity index (χ4n) is 6.53. The van der Waals surface area contributed by atoms with Gasteiger partial charge in [-0.2, -0.15) is 0 Å². The van der Waals surface area contributed by atoms with E-state index in [-0.39, 0.29) is 17.1 Å². The minimum Gasteiger partial charge on any atom is -0.506 e. The van der Waals surface area contributed by atoms with Crippen LogP contribution in [-0.4, -0.2) is 30.0 Å². The number of aromatic hydroxyl groups is 1. The number of carbonyl (C=O) groups excluding carboxylic acids is 2. The van der Waals surface area contributed by atoms with Crippen molar-refractivity contribution in [3.8, 4) is 11.5 Å². The molecule has 5 rings (SSSR count). The number of hydrogen-bond acceptors (Lipinski definition) is 6. The highest BCUT2D eigenvalue weighted by molar-refractivity contribution is 6.00. The highest BCUT2D eigenvalue weighted by Gasteiger charge is 2.37. The summed E-state index contributed by atoms with van der Waals surface area (Å²) in [5.74, 6) is 0.549.